The molecule has 2 aromatic rings. The third-order valence-electron chi connectivity index (χ3n) is 7.70. The van der Waals surface area contributed by atoms with Gasteiger partial charge in [0.05, 0.1) is 33.3 Å². The number of fused-ring (bicyclic) bond motifs is 1. The average Bonchev–Trinajstić information content (AvgIpc) is 2.93. The SMILES string of the molecule is CCCN1C(=O)c2ccccc2C(C(=O)N2CCC(N(C)C)CC2)C1c1cc(OC)c(OC)c(OC)c1. The van der Waals surface area contributed by atoms with Gasteiger partial charge in [-0.05, 0) is 62.7 Å². The molecule has 2 aliphatic heterocycles. The lowest BCUT2D eigenvalue weighted by Gasteiger charge is -2.44. The number of methoxy groups -OCH3 is 3. The number of nitrogens with zero attached hydrogens (tertiary/aromatic N) is 3. The van der Waals surface area contributed by atoms with Crippen LogP contribution in [-0.4, -0.2) is 87.6 Å². The molecule has 8 nitrogen and oxygen atoms in total. The molecule has 2 aromatic carbocycles. The molecular formula is C29H39N3O5. The van der Waals surface area contributed by atoms with Crippen LogP contribution in [0.25, 0.3) is 0 Å². The zero-order chi connectivity index (χ0) is 26.7. The van der Waals surface area contributed by atoms with Crippen molar-refractivity contribution in [1.82, 2.24) is 14.7 Å². The van der Waals surface area contributed by atoms with Crippen LogP contribution in [0.5, 0.6) is 17.2 Å². The van der Waals surface area contributed by atoms with E-state index in [-0.39, 0.29) is 11.8 Å². The third-order valence-corrected chi connectivity index (χ3v) is 7.70. The number of amides is 2. The van der Waals surface area contributed by atoms with Gasteiger partial charge in [-0.25, -0.2) is 0 Å². The minimum Gasteiger partial charge on any atom is -0.493 e. The second kappa shape index (κ2) is 11.4. The number of piperidine rings is 1. The molecule has 0 radical (unpaired) electrons. The Balaban J connectivity index is 1.85. The number of carbonyl (C=O) groups excluding carboxylic acids is 2. The Morgan fingerprint density at radius 3 is 2.16 bits per heavy atom. The van der Waals surface area contributed by atoms with Crippen molar-refractivity contribution in [3.8, 4) is 17.2 Å². The molecule has 0 N–H and O–H groups in total. The van der Waals surface area contributed by atoms with Crippen LogP contribution in [0, 0.1) is 0 Å². The predicted octanol–water partition coefficient (Wildman–Crippen LogP) is 3.96. The predicted molar refractivity (Wildman–Crippen MR) is 143 cm³/mol. The maximum Gasteiger partial charge on any atom is 0.254 e. The molecule has 0 aliphatic carbocycles. The van der Waals surface area contributed by atoms with Crippen molar-refractivity contribution in [2.75, 3.05) is 55.1 Å². The lowest BCUT2D eigenvalue weighted by Crippen LogP contribution is -2.51. The van der Waals surface area contributed by atoms with E-state index in [2.05, 4.69) is 19.0 Å². The number of likely N-dealkylation sites (tertiary alicyclic amines) is 1. The molecule has 4 rings (SSSR count). The Kier molecular flexibility index (Phi) is 8.27. The minimum absolute atomic E-state index is 0.0528. The zero-order valence-electron chi connectivity index (χ0n) is 22.8. The number of benzene rings is 2. The van der Waals surface area contributed by atoms with E-state index in [0.717, 1.165) is 30.4 Å². The minimum atomic E-state index is -0.542. The van der Waals surface area contributed by atoms with Crippen LogP contribution >= 0.6 is 0 Å². The van der Waals surface area contributed by atoms with Gasteiger partial charge in [0.15, 0.2) is 11.5 Å². The van der Waals surface area contributed by atoms with Gasteiger partial charge >= 0.3 is 0 Å². The Labute approximate surface area is 220 Å². The van der Waals surface area contributed by atoms with Crippen molar-refractivity contribution in [3.63, 3.8) is 0 Å². The van der Waals surface area contributed by atoms with Gasteiger partial charge in [-0.1, -0.05) is 25.1 Å². The van der Waals surface area contributed by atoms with Crippen LogP contribution in [-0.2, 0) is 4.79 Å². The molecule has 1 fully saturated rings. The first-order chi connectivity index (χ1) is 17.9. The van der Waals surface area contributed by atoms with Crippen molar-refractivity contribution in [1.29, 1.82) is 0 Å². The number of carbonyl (C=O) groups is 2. The van der Waals surface area contributed by atoms with Gasteiger partial charge in [-0.3, -0.25) is 9.59 Å². The molecular weight excluding hydrogens is 470 g/mol. The summed E-state index contributed by atoms with van der Waals surface area (Å²) < 4.78 is 16.8. The van der Waals surface area contributed by atoms with E-state index in [9.17, 15) is 9.59 Å². The fraction of sp³-hybridized carbons (Fsp3) is 0.517. The molecule has 2 atom stereocenters. The highest BCUT2D eigenvalue weighted by Gasteiger charge is 2.46. The molecule has 2 heterocycles. The summed E-state index contributed by atoms with van der Waals surface area (Å²) in [5.41, 5.74) is 2.16. The van der Waals surface area contributed by atoms with Gasteiger partial charge in [0.2, 0.25) is 11.7 Å². The van der Waals surface area contributed by atoms with E-state index < -0.39 is 12.0 Å². The third kappa shape index (κ3) is 4.99. The van der Waals surface area contributed by atoms with Crippen molar-refractivity contribution in [2.45, 2.75) is 44.2 Å². The molecule has 1 saturated heterocycles. The van der Waals surface area contributed by atoms with E-state index in [4.69, 9.17) is 14.2 Å². The quantitative estimate of drug-likeness (QED) is 0.537. The van der Waals surface area contributed by atoms with Crippen LogP contribution in [0.1, 0.15) is 59.6 Å². The summed E-state index contributed by atoms with van der Waals surface area (Å²) in [6.45, 7) is 3.97. The Morgan fingerprint density at radius 2 is 1.62 bits per heavy atom. The fourth-order valence-corrected chi connectivity index (χ4v) is 5.79. The summed E-state index contributed by atoms with van der Waals surface area (Å²) in [7, 11) is 8.89. The highest BCUT2D eigenvalue weighted by atomic mass is 16.5. The molecule has 0 aromatic heterocycles. The van der Waals surface area contributed by atoms with Crippen LogP contribution in [0.4, 0.5) is 0 Å². The maximum atomic E-state index is 14.4. The smallest absolute Gasteiger partial charge is 0.254 e. The van der Waals surface area contributed by atoms with E-state index in [0.29, 0.717) is 48.5 Å². The number of hydrogen-bond donors (Lipinski definition) is 0. The summed E-state index contributed by atoms with van der Waals surface area (Å²) in [6.07, 6.45) is 2.63. The van der Waals surface area contributed by atoms with Gasteiger partial charge in [-0.2, -0.15) is 0 Å². The highest BCUT2D eigenvalue weighted by molar-refractivity contribution is 6.01. The Morgan fingerprint density at radius 1 is 1.00 bits per heavy atom. The second-order valence-corrected chi connectivity index (χ2v) is 9.99. The molecule has 0 saturated carbocycles. The maximum absolute atomic E-state index is 14.4. The molecule has 0 bridgehead atoms. The largest absolute Gasteiger partial charge is 0.493 e. The first-order valence-electron chi connectivity index (χ1n) is 13.0. The summed E-state index contributed by atoms with van der Waals surface area (Å²) in [5.74, 6) is 0.921. The van der Waals surface area contributed by atoms with Gasteiger partial charge in [0.1, 0.15) is 0 Å². The molecule has 200 valence electrons. The zero-order valence-corrected chi connectivity index (χ0v) is 22.8. The van der Waals surface area contributed by atoms with Gasteiger partial charge in [0, 0.05) is 31.2 Å². The first kappa shape index (κ1) is 26.8. The van der Waals surface area contributed by atoms with E-state index >= 15 is 0 Å². The van der Waals surface area contributed by atoms with Gasteiger partial charge in [0.25, 0.3) is 5.91 Å². The molecule has 2 unspecified atom stereocenters. The molecule has 2 amide bonds. The summed E-state index contributed by atoms with van der Waals surface area (Å²) >= 11 is 0. The standard InChI is InChI=1S/C29H39N3O5/c1-7-14-32-26(19-17-23(35-4)27(37-6)24(18-19)36-5)25(21-10-8-9-11-22(21)28(32)33)29(34)31-15-12-20(13-16-31)30(2)3/h8-11,17-18,20,25-26H,7,12-16H2,1-6H3. The normalized spacial score (nSPS) is 20.1. The summed E-state index contributed by atoms with van der Waals surface area (Å²) in [4.78, 5) is 34.2. The van der Waals surface area contributed by atoms with Crippen molar-refractivity contribution in [2.24, 2.45) is 0 Å². The second-order valence-electron chi connectivity index (χ2n) is 9.99. The fourth-order valence-electron chi connectivity index (χ4n) is 5.79. The number of hydrogen-bond acceptors (Lipinski definition) is 6. The lowest BCUT2D eigenvalue weighted by atomic mass is 9.78. The van der Waals surface area contributed by atoms with Crippen molar-refractivity contribution in [3.05, 3.63) is 53.1 Å². The first-order valence-corrected chi connectivity index (χ1v) is 13.0. The topological polar surface area (TPSA) is 71.6 Å². The molecule has 8 heteroatoms. The van der Waals surface area contributed by atoms with E-state index in [1.165, 1.54) is 0 Å². The van der Waals surface area contributed by atoms with E-state index in [1.807, 2.05) is 53.1 Å². The lowest BCUT2D eigenvalue weighted by molar-refractivity contribution is -0.136. The average molecular weight is 510 g/mol. The van der Waals surface area contributed by atoms with Crippen LogP contribution in [0.3, 0.4) is 0 Å². The number of ether oxygens (including phenoxy) is 3. The van der Waals surface area contributed by atoms with Gasteiger partial charge in [-0.15, -0.1) is 0 Å². The summed E-state index contributed by atoms with van der Waals surface area (Å²) in [6, 6.07) is 11.2. The van der Waals surface area contributed by atoms with Gasteiger partial charge < -0.3 is 28.9 Å². The molecule has 2 aliphatic rings. The highest BCUT2D eigenvalue weighted by Crippen LogP contribution is 2.48. The van der Waals surface area contributed by atoms with Crippen molar-refractivity contribution >= 4 is 11.8 Å². The Bertz CT molecular complexity index is 1100. The van der Waals surface area contributed by atoms with Crippen LogP contribution in [0.15, 0.2) is 36.4 Å². The monoisotopic (exact) mass is 509 g/mol. The Hall–Kier alpha value is -3.26. The molecule has 37 heavy (non-hydrogen) atoms. The molecule has 0 spiro atoms. The number of rotatable bonds is 8. The van der Waals surface area contributed by atoms with Crippen LogP contribution < -0.4 is 14.2 Å². The van der Waals surface area contributed by atoms with Crippen LogP contribution in [0.2, 0.25) is 0 Å². The summed E-state index contributed by atoms with van der Waals surface area (Å²) in [5, 5.41) is 0. The van der Waals surface area contributed by atoms with Crippen molar-refractivity contribution < 1.29 is 23.8 Å². The van der Waals surface area contributed by atoms with E-state index in [1.54, 1.807) is 21.3 Å².